The molecule has 112 valence electrons. The highest BCUT2D eigenvalue weighted by atomic mass is 79.9. The van der Waals surface area contributed by atoms with Crippen molar-refractivity contribution in [2.45, 2.75) is 13.0 Å². The molecule has 1 atom stereocenters. The number of halogens is 3. The molecule has 0 bridgehead atoms. The van der Waals surface area contributed by atoms with Crippen LogP contribution in [0.3, 0.4) is 0 Å². The molecule has 2 rings (SSSR count). The second-order valence-corrected chi connectivity index (χ2v) is 6.25. The highest BCUT2D eigenvalue weighted by Crippen LogP contribution is 2.34. The largest absolute Gasteiger partial charge is 0.495 e. The number of methoxy groups -OCH3 is 1. The normalized spacial score (nSPS) is 12.2. The number of hydrogen-bond acceptors (Lipinski definition) is 2. The van der Waals surface area contributed by atoms with E-state index in [1.165, 1.54) is 0 Å². The molecule has 0 aliphatic carbocycles. The van der Waals surface area contributed by atoms with E-state index in [0.717, 1.165) is 22.1 Å². The lowest BCUT2D eigenvalue weighted by molar-refractivity contribution is 0.414. The van der Waals surface area contributed by atoms with Gasteiger partial charge in [-0.25, -0.2) is 0 Å². The molecular formula is C16H16BrCl2NO. The van der Waals surface area contributed by atoms with Gasteiger partial charge < -0.3 is 10.1 Å². The SMILES string of the molecule is CCNC(c1ccc(OC)c(Cl)c1)c1ccc(Cl)cc1Br. The van der Waals surface area contributed by atoms with E-state index in [4.69, 9.17) is 27.9 Å². The van der Waals surface area contributed by atoms with Gasteiger partial charge in [-0.15, -0.1) is 0 Å². The van der Waals surface area contributed by atoms with E-state index < -0.39 is 0 Å². The van der Waals surface area contributed by atoms with E-state index in [1.54, 1.807) is 7.11 Å². The summed E-state index contributed by atoms with van der Waals surface area (Å²) in [5, 5.41) is 4.77. The Morgan fingerprint density at radius 3 is 2.52 bits per heavy atom. The van der Waals surface area contributed by atoms with E-state index in [2.05, 4.69) is 28.2 Å². The second kappa shape index (κ2) is 7.50. The van der Waals surface area contributed by atoms with Crippen LogP contribution in [-0.2, 0) is 0 Å². The predicted molar refractivity (Wildman–Crippen MR) is 92.7 cm³/mol. The van der Waals surface area contributed by atoms with E-state index in [9.17, 15) is 0 Å². The van der Waals surface area contributed by atoms with Crippen molar-refractivity contribution in [2.75, 3.05) is 13.7 Å². The number of rotatable bonds is 5. The van der Waals surface area contributed by atoms with Crippen LogP contribution in [0.1, 0.15) is 24.1 Å². The first-order valence-corrected chi connectivity index (χ1v) is 8.13. The highest BCUT2D eigenvalue weighted by Gasteiger charge is 2.17. The minimum atomic E-state index is 0.0325. The van der Waals surface area contributed by atoms with Crippen LogP contribution in [0.5, 0.6) is 5.75 Å². The van der Waals surface area contributed by atoms with Gasteiger partial charge in [0.2, 0.25) is 0 Å². The van der Waals surface area contributed by atoms with Crippen LogP contribution in [0.25, 0.3) is 0 Å². The maximum atomic E-state index is 6.24. The molecule has 0 amide bonds. The summed E-state index contributed by atoms with van der Waals surface area (Å²) in [5.41, 5.74) is 2.19. The Balaban J connectivity index is 2.45. The predicted octanol–water partition coefficient (Wildman–Crippen LogP) is 5.46. The van der Waals surface area contributed by atoms with Gasteiger partial charge in [0, 0.05) is 9.50 Å². The third-order valence-corrected chi connectivity index (χ3v) is 4.41. The van der Waals surface area contributed by atoms with Crippen molar-refractivity contribution in [2.24, 2.45) is 0 Å². The molecule has 0 radical (unpaired) electrons. The summed E-state index contributed by atoms with van der Waals surface area (Å²) in [6.45, 7) is 2.91. The Hall–Kier alpha value is -0.740. The summed E-state index contributed by atoms with van der Waals surface area (Å²) in [6, 6.07) is 11.6. The average molecular weight is 389 g/mol. The van der Waals surface area contributed by atoms with Gasteiger partial charge in [0.1, 0.15) is 5.75 Å². The third-order valence-electron chi connectivity index (χ3n) is 3.19. The van der Waals surface area contributed by atoms with Gasteiger partial charge in [-0.2, -0.15) is 0 Å². The number of hydrogen-bond donors (Lipinski definition) is 1. The molecule has 0 spiro atoms. The quantitative estimate of drug-likeness (QED) is 0.733. The molecule has 1 N–H and O–H groups in total. The van der Waals surface area contributed by atoms with Crippen LogP contribution in [0.15, 0.2) is 40.9 Å². The van der Waals surface area contributed by atoms with Crippen LogP contribution in [0.2, 0.25) is 10.0 Å². The van der Waals surface area contributed by atoms with Gasteiger partial charge in [0.25, 0.3) is 0 Å². The Labute approximate surface area is 143 Å². The molecule has 2 nitrogen and oxygen atoms in total. The molecule has 0 aliphatic rings. The summed E-state index contributed by atoms with van der Waals surface area (Å²) in [6.07, 6.45) is 0. The number of benzene rings is 2. The zero-order valence-electron chi connectivity index (χ0n) is 11.8. The van der Waals surface area contributed by atoms with Crippen LogP contribution >= 0.6 is 39.1 Å². The van der Waals surface area contributed by atoms with Crippen molar-refractivity contribution in [3.63, 3.8) is 0 Å². The van der Waals surface area contributed by atoms with E-state index in [-0.39, 0.29) is 6.04 Å². The van der Waals surface area contributed by atoms with E-state index in [1.807, 2.05) is 36.4 Å². The smallest absolute Gasteiger partial charge is 0.137 e. The molecule has 21 heavy (non-hydrogen) atoms. The third kappa shape index (κ3) is 3.92. The van der Waals surface area contributed by atoms with Gasteiger partial charge in [-0.1, -0.05) is 58.2 Å². The first-order valence-electron chi connectivity index (χ1n) is 6.58. The summed E-state index contributed by atoms with van der Waals surface area (Å²) >= 11 is 15.8. The molecule has 2 aromatic carbocycles. The Morgan fingerprint density at radius 2 is 1.95 bits per heavy atom. The molecule has 5 heteroatoms. The monoisotopic (exact) mass is 387 g/mol. The molecule has 2 aromatic rings. The minimum absolute atomic E-state index is 0.0325. The van der Waals surface area contributed by atoms with Crippen molar-refractivity contribution in [3.05, 3.63) is 62.0 Å². The van der Waals surface area contributed by atoms with Crippen LogP contribution in [-0.4, -0.2) is 13.7 Å². The van der Waals surface area contributed by atoms with Gasteiger partial charge in [-0.05, 0) is 41.9 Å². The topological polar surface area (TPSA) is 21.3 Å². The molecule has 1 unspecified atom stereocenters. The van der Waals surface area contributed by atoms with Gasteiger partial charge >= 0.3 is 0 Å². The van der Waals surface area contributed by atoms with E-state index in [0.29, 0.717) is 15.8 Å². The summed E-state index contributed by atoms with van der Waals surface area (Å²) in [4.78, 5) is 0. The van der Waals surface area contributed by atoms with Gasteiger partial charge in [0.15, 0.2) is 0 Å². The first-order chi connectivity index (χ1) is 10.1. The molecule has 0 fully saturated rings. The average Bonchev–Trinajstić information content (AvgIpc) is 2.45. The van der Waals surface area contributed by atoms with Crippen LogP contribution < -0.4 is 10.1 Å². The van der Waals surface area contributed by atoms with Gasteiger partial charge in [-0.3, -0.25) is 0 Å². The lowest BCUT2D eigenvalue weighted by Crippen LogP contribution is -2.22. The fourth-order valence-corrected chi connectivity index (χ4v) is 3.39. The first kappa shape index (κ1) is 16.6. The Morgan fingerprint density at radius 1 is 1.19 bits per heavy atom. The zero-order valence-corrected chi connectivity index (χ0v) is 14.9. The molecule has 0 saturated heterocycles. The van der Waals surface area contributed by atoms with Crippen molar-refractivity contribution >= 4 is 39.1 Å². The summed E-state index contributed by atoms with van der Waals surface area (Å²) in [5.74, 6) is 0.672. The van der Waals surface area contributed by atoms with E-state index >= 15 is 0 Å². The second-order valence-electron chi connectivity index (χ2n) is 4.55. The Bertz CT molecular complexity index is 634. The molecule has 0 saturated carbocycles. The maximum Gasteiger partial charge on any atom is 0.137 e. The van der Waals surface area contributed by atoms with Gasteiger partial charge in [0.05, 0.1) is 18.2 Å². The van der Waals surface area contributed by atoms with Crippen molar-refractivity contribution in [1.82, 2.24) is 5.32 Å². The molecular weight excluding hydrogens is 373 g/mol. The maximum absolute atomic E-state index is 6.24. The zero-order chi connectivity index (χ0) is 15.4. The fourth-order valence-electron chi connectivity index (χ4n) is 2.21. The number of ether oxygens (including phenoxy) is 1. The Kier molecular flexibility index (Phi) is 5.94. The number of nitrogens with one attached hydrogen (secondary N) is 1. The van der Waals surface area contributed by atoms with Crippen molar-refractivity contribution < 1.29 is 4.74 Å². The highest BCUT2D eigenvalue weighted by molar-refractivity contribution is 9.10. The van der Waals surface area contributed by atoms with Crippen molar-refractivity contribution in [3.8, 4) is 5.75 Å². The summed E-state index contributed by atoms with van der Waals surface area (Å²) < 4.78 is 6.17. The lowest BCUT2D eigenvalue weighted by atomic mass is 9.98. The summed E-state index contributed by atoms with van der Waals surface area (Å²) in [7, 11) is 1.61. The molecule has 0 aromatic heterocycles. The lowest BCUT2D eigenvalue weighted by Gasteiger charge is -2.21. The minimum Gasteiger partial charge on any atom is -0.495 e. The van der Waals surface area contributed by atoms with Crippen molar-refractivity contribution in [1.29, 1.82) is 0 Å². The standard InChI is InChI=1S/C16H16BrCl2NO/c1-3-20-16(12-6-5-11(18)9-13(12)17)10-4-7-15(21-2)14(19)8-10/h4-9,16,20H,3H2,1-2H3. The fraction of sp³-hybridized carbons (Fsp3) is 0.250. The molecule has 0 heterocycles. The molecule has 0 aliphatic heterocycles. The van der Waals surface area contributed by atoms with Crippen LogP contribution in [0, 0.1) is 0 Å². The van der Waals surface area contributed by atoms with Crippen LogP contribution in [0.4, 0.5) is 0 Å².